The van der Waals surface area contributed by atoms with E-state index in [1.54, 1.807) is 42.5 Å². The quantitative estimate of drug-likeness (QED) is 0.811. The smallest absolute Gasteiger partial charge is 0.159 e. The molecule has 0 aliphatic carbocycles. The van der Waals surface area contributed by atoms with Crippen molar-refractivity contribution in [3.8, 4) is 0 Å². The Bertz CT molecular complexity index is 534. The summed E-state index contributed by atoms with van der Waals surface area (Å²) >= 11 is 0. The molecule has 2 aromatic rings. The molecule has 0 bridgehead atoms. The number of hydrogen-bond acceptors (Lipinski definition) is 2. The molecule has 1 N–H and O–H groups in total. The maximum atomic E-state index is 13.4. The maximum Gasteiger partial charge on any atom is 0.159 e. The molecule has 0 aliphatic rings. The Morgan fingerprint density at radius 1 is 1.06 bits per heavy atom. The third-order valence-corrected chi connectivity index (χ3v) is 2.44. The van der Waals surface area contributed by atoms with Crippen molar-refractivity contribution in [3.63, 3.8) is 0 Å². The number of carbonyl (C=O) groups excluding carboxylic acids is 1. The van der Waals surface area contributed by atoms with E-state index < -0.39 is 0 Å². The van der Waals surface area contributed by atoms with Crippen LogP contribution in [0.15, 0.2) is 48.5 Å². The minimum atomic E-state index is -0.303. The summed E-state index contributed by atoms with van der Waals surface area (Å²) in [6.45, 7) is 1.51. The van der Waals surface area contributed by atoms with Crippen LogP contribution in [0.25, 0.3) is 0 Å². The first-order valence-corrected chi connectivity index (χ1v) is 5.29. The van der Waals surface area contributed by atoms with Gasteiger partial charge in [0.05, 0.1) is 5.69 Å². The van der Waals surface area contributed by atoms with E-state index in [9.17, 15) is 9.18 Å². The molecule has 0 amide bonds. The Morgan fingerprint density at radius 3 is 2.29 bits per heavy atom. The first-order chi connectivity index (χ1) is 8.16. The fraction of sp³-hybridized carbons (Fsp3) is 0.0714. The van der Waals surface area contributed by atoms with Crippen molar-refractivity contribution in [1.29, 1.82) is 0 Å². The minimum Gasteiger partial charge on any atom is -0.353 e. The van der Waals surface area contributed by atoms with E-state index in [1.165, 1.54) is 13.0 Å². The van der Waals surface area contributed by atoms with Crippen molar-refractivity contribution in [3.05, 3.63) is 59.9 Å². The van der Waals surface area contributed by atoms with Gasteiger partial charge >= 0.3 is 0 Å². The highest BCUT2D eigenvalue weighted by molar-refractivity contribution is 5.94. The molecule has 0 radical (unpaired) electrons. The Morgan fingerprint density at radius 2 is 1.71 bits per heavy atom. The van der Waals surface area contributed by atoms with E-state index >= 15 is 0 Å². The monoisotopic (exact) mass is 229 g/mol. The van der Waals surface area contributed by atoms with Crippen LogP contribution in [0.1, 0.15) is 17.3 Å². The van der Waals surface area contributed by atoms with Gasteiger partial charge < -0.3 is 5.32 Å². The Hall–Kier alpha value is -2.16. The Labute approximate surface area is 99.1 Å². The average molecular weight is 229 g/mol. The van der Waals surface area contributed by atoms with Crippen LogP contribution in [0.4, 0.5) is 15.8 Å². The largest absolute Gasteiger partial charge is 0.353 e. The van der Waals surface area contributed by atoms with Crippen LogP contribution in [-0.2, 0) is 0 Å². The summed E-state index contributed by atoms with van der Waals surface area (Å²) in [5.74, 6) is -0.286. The van der Waals surface area contributed by atoms with Crippen molar-refractivity contribution in [2.75, 3.05) is 5.32 Å². The van der Waals surface area contributed by atoms with E-state index in [2.05, 4.69) is 5.32 Å². The highest BCUT2D eigenvalue weighted by Crippen LogP contribution is 2.19. The van der Waals surface area contributed by atoms with Gasteiger partial charge in [-0.1, -0.05) is 12.1 Å². The number of carbonyl (C=O) groups is 1. The zero-order chi connectivity index (χ0) is 12.3. The predicted octanol–water partition coefficient (Wildman–Crippen LogP) is 3.77. The highest BCUT2D eigenvalue weighted by atomic mass is 19.1. The molecule has 0 atom stereocenters. The van der Waals surface area contributed by atoms with Gasteiger partial charge in [-0.3, -0.25) is 4.79 Å². The molecule has 2 nitrogen and oxygen atoms in total. The van der Waals surface area contributed by atoms with E-state index in [-0.39, 0.29) is 11.6 Å². The molecule has 2 aromatic carbocycles. The van der Waals surface area contributed by atoms with Crippen molar-refractivity contribution in [2.24, 2.45) is 0 Å². The third kappa shape index (κ3) is 2.69. The van der Waals surface area contributed by atoms with Gasteiger partial charge in [-0.25, -0.2) is 4.39 Å². The minimum absolute atomic E-state index is 0.0161. The molecule has 0 aromatic heterocycles. The van der Waals surface area contributed by atoms with Crippen molar-refractivity contribution in [1.82, 2.24) is 0 Å². The summed E-state index contributed by atoms with van der Waals surface area (Å²) in [5, 5.41) is 2.95. The van der Waals surface area contributed by atoms with E-state index in [0.717, 1.165) is 5.69 Å². The SMILES string of the molecule is CC(=O)c1ccc(Nc2ccccc2F)cc1. The van der Waals surface area contributed by atoms with Crippen LogP contribution in [-0.4, -0.2) is 5.78 Å². The topological polar surface area (TPSA) is 29.1 Å². The van der Waals surface area contributed by atoms with Crippen LogP contribution in [0.2, 0.25) is 0 Å². The lowest BCUT2D eigenvalue weighted by Crippen LogP contribution is -1.95. The van der Waals surface area contributed by atoms with E-state index in [1.807, 2.05) is 0 Å². The molecule has 0 aliphatic heterocycles. The lowest BCUT2D eigenvalue weighted by atomic mass is 10.1. The number of anilines is 2. The first-order valence-electron chi connectivity index (χ1n) is 5.29. The number of Topliss-reactive ketones (excluding diaryl/α,β-unsaturated/α-hetero) is 1. The zero-order valence-corrected chi connectivity index (χ0v) is 9.41. The number of nitrogens with one attached hydrogen (secondary N) is 1. The van der Waals surface area contributed by atoms with Gasteiger partial charge in [-0.05, 0) is 43.3 Å². The average Bonchev–Trinajstić information content (AvgIpc) is 2.33. The molecule has 86 valence electrons. The number of ketones is 1. The summed E-state index contributed by atoms with van der Waals surface area (Å²) < 4.78 is 13.4. The molecular formula is C14H12FNO. The molecule has 0 saturated heterocycles. The summed E-state index contributed by atoms with van der Waals surface area (Å²) in [6, 6.07) is 13.4. The highest BCUT2D eigenvalue weighted by Gasteiger charge is 2.02. The van der Waals surface area contributed by atoms with Gasteiger partial charge in [-0.2, -0.15) is 0 Å². The molecule has 0 heterocycles. The van der Waals surface area contributed by atoms with E-state index in [4.69, 9.17) is 0 Å². The van der Waals surface area contributed by atoms with Crippen LogP contribution in [0, 0.1) is 5.82 Å². The second-order valence-electron chi connectivity index (χ2n) is 3.74. The number of hydrogen-bond donors (Lipinski definition) is 1. The first kappa shape index (κ1) is 11.3. The van der Waals surface area contributed by atoms with Crippen LogP contribution < -0.4 is 5.32 Å². The summed E-state index contributed by atoms with van der Waals surface area (Å²) in [6.07, 6.45) is 0. The van der Waals surface area contributed by atoms with Gasteiger partial charge in [0.2, 0.25) is 0 Å². The molecule has 3 heteroatoms. The Balaban J connectivity index is 2.20. The second kappa shape index (κ2) is 4.78. The maximum absolute atomic E-state index is 13.4. The molecule has 0 saturated carbocycles. The molecule has 0 fully saturated rings. The van der Waals surface area contributed by atoms with Crippen molar-refractivity contribution in [2.45, 2.75) is 6.92 Å². The van der Waals surface area contributed by atoms with Crippen molar-refractivity contribution < 1.29 is 9.18 Å². The van der Waals surface area contributed by atoms with Gasteiger partial charge in [-0.15, -0.1) is 0 Å². The lowest BCUT2D eigenvalue weighted by Gasteiger charge is -2.07. The normalized spacial score (nSPS) is 10.0. The number of rotatable bonds is 3. The van der Waals surface area contributed by atoms with Crippen LogP contribution in [0.3, 0.4) is 0 Å². The molecule has 2 rings (SSSR count). The predicted molar refractivity (Wildman–Crippen MR) is 66.1 cm³/mol. The van der Waals surface area contributed by atoms with E-state index in [0.29, 0.717) is 11.3 Å². The molecular weight excluding hydrogens is 217 g/mol. The van der Waals surface area contributed by atoms with Crippen LogP contribution in [0.5, 0.6) is 0 Å². The van der Waals surface area contributed by atoms with Crippen molar-refractivity contribution >= 4 is 17.2 Å². The fourth-order valence-electron chi connectivity index (χ4n) is 1.51. The fourth-order valence-corrected chi connectivity index (χ4v) is 1.51. The zero-order valence-electron chi connectivity index (χ0n) is 9.41. The molecule has 17 heavy (non-hydrogen) atoms. The Kier molecular flexibility index (Phi) is 3.19. The standard InChI is InChI=1S/C14H12FNO/c1-10(17)11-6-8-12(9-7-11)16-14-5-3-2-4-13(14)15/h2-9,16H,1H3. The molecule has 0 unspecified atom stereocenters. The summed E-state index contributed by atoms with van der Waals surface area (Å²) in [4.78, 5) is 11.1. The van der Waals surface area contributed by atoms with Crippen LogP contribution >= 0.6 is 0 Å². The number of para-hydroxylation sites is 1. The number of benzene rings is 2. The second-order valence-corrected chi connectivity index (χ2v) is 3.74. The van der Waals surface area contributed by atoms with Gasteiger partial charge in [0, 0.05) is 11.3 Å². The molecule has 0 spiro atoms. The third-order valence-electron chi connectivity index (χ3n) is 2.44. The number of halogens is 1. The summed E-state index contributed by atoms with van der Waals surface area (Å²) in [5.41, 5.74) is 1.81. The lowest BCUT2D eigenvalue weighted by molar-refractivity contribution is 0.101. The van der Waals surface area contributed by atoms with Gasteiger partial charge in [0.15, 0.2) is 5.78 Å². The van der Waals surface area contributed by atoms with Gasteiger partial charge in [0.1, 0.15) is 5.82 Å². The summed E-state index contributed by atoms with van der Waals surface area (Å²) in [7, 11) is 0. The van der Waals surface area contributed by atoms with Gasteiger partial charge in [0.25, 0.3) is 0 Å².